The number of amides is 1. The summed E-state index contributed by atoms with van der Waals surface area (Å²) in [6, 6.07) is 8.94. The summed E-state index contributed by atoms with van der Waals surface area (Å²) in [4.78, 5) is 14.3. The molecule has 1 aromatic carbocycles. The summed E-state index contributed by atoms with van der Waals surface area (Å²) in [6.45, 7) is 3.12. The number of aliphatic hydroxyl groups is 1. The quantitative estimate of drug-likeness (QED) is 0.737. The van der Waals surface area contributed by atoms with Crippen LogP contribution in [-0.4, -0.2) is 85.3 Å². The largest absolute Gasteiger partial charge is 0.388 e. The first kappa shape index (κ1) is 19.5. The number of nitrogens with zero attached hydrogens (tertiary/aromatic N) is 1. The van der Waals surface area contributed by atoms with Gasteiger partial charge in [0, 0.05) is 32.1 Å². The van der Waals surface area contributed by atoms with Gasteiger partial charge >= 0.3 is 0 Å². The van der Waals surface area contributed by atoms with Gasteiger partial charge in [0.1, 0.15) is 12.2 Å². The van der Waals surface area contributed by atoms with E-state index in [0.717, 1.165) is 12.8 Å². The van der Waals surface area contributed by atoms with Crippen LogP contribution in [0.3, 0.4) is 0 Å². The number of hydrogen-bond donors (Lipinski definition) is 2. The molecule has 0 spiro atoms. The molecular formula is C22H30N2O5. The lowest BCUT2D eigenvalue weighted by Crippen LogP contribution is -2.43. The van der Waals surface area contributed by atoms with Crippen LogP contribution < -0.4 is 5.32 Å². The molecule has 1 amide bonds. The summed E-state index contributed by atoms with van der Waals surface area (Å²) >= 11 is 0. The van der Waals surface area contributed by atoms with E-state index in [1.54, 1.807) is 0 Å². The smallest absolute Gasteiger partial charge is 0.225 e. The standard InChI is InChI=1S/C22H30N2O5/c25-20(24-5-7-27-8-6-24)12-17-11-18-22(28-17)21(26)19(29-18)13-23-16-9-14-3-1-2-4-15(14)10-16/h1-4,16-19,21-23,26H,5-13H2. The monoisotopic (exact) mass is 402 g/mol. The van der Waals surface area contributed by atoms with Crippen molar-refractivity contribution in [1.29, 1.82) is 0 Å². The molecule has 3 saturated heterocycles. The maximum Gasteiger partial charge on any atom is 0.225 e. The molecule has 3 aliphatic heterocycles. The highest BCUT2D eigenvalue weighted by atomic mass is 16.6. The van der Waals surface area contributed by atoms with E-state index in [9.17, 15) is 9.90 Å². The minimum Gasteiger partial charge on any atom is -0.388 e. The second-order valence-electron chi connectivity index (χ2n) is 8.64. The second-order valence-corrected chi connectivity index (χ2v) is 8.64. The first-order valence-corrected chi connectivity index (χ1v) is 10.8. The lowest BCUT2D eigenvalue weighted by molar-refractivity contribution is -0.138. The summed E-state index contributed by atoms with van der Waals surface area (Å²) in [6.07, 6.45) is 1.53. The fraction of sp³-hybridized carbons (Fsp3) is 0.682. The second kappa shape index (κ2) is 8.32. The predicted molar refractivity (Wildman–Crippen MR) is 106 cm³/mol. The Hall–Kier alpha value is -1.51. The summed E-state index contributed by atoms with van der Waals surface area (Å²) < 4.78 is 17.4. The molecule has 29 heavy (non-hydrogen) atoms. The van der Waals surface area contributed by atoms with E-state index in [1.807, 2.05) is 4.90 Å². The number of benzene rings is 1. The molecule has 3 fully saturated rings. The van der Waals surface area contributed by atoms with Crippen LogP contribution in [0.2, 0.25) is 0 Å². The van der Waals surface area contributed by atoms with Crippen LogP contribution in [0.5, 0.6) is 0 Å². The van der Waals surface area contributed by atoms with Crippen molar-refractivity contribution < 1.29 is 24.1 Å². The molecule has 0 saturated carbocycles. The van der Waals surface area contributed by atoms with Gasteiger partial charge in [-0.05, 0) is 24.0 Å². The zero-order valence-corrected chi connectivity index (χ0v) is 16.7. The fourth-order valence-electron chi connectivity index (χ4n) is 5.13. The Kier molecular flexibility index (Phi) is 5.58. The van der Waals surface area contributed by atoms with Gasteiger partial charge in [-0.25, -0.2) is 0 Å². The Morgan fingerprint density at radius 3 is 2.55 bits per heavy atom. The Labute approximate surface area is 171 Å². The average molecular weight is 402 g/mol. The molecule has 0 bridgehead atoms. The highest BCUT2D eigenvalue weighted by Gasteiger charge is 2.50. The van der Waals surface area contributed by atoms with E-state index in [-0.39, 0.29) is 30.3 Å². The van der Waals surface area contributed by atoms with Gasteiger partial charge in [0.05, 0.1) is 37.9 Å². The van der Waals surface area contributed by atoms with Crippen molar-refractivity contribution in [3.05, 3.63) is 35.4 Å². The maximum atomic E-state index is 12.4. The summed E-state index contributed by atoms with van der Waals surface area (Å²) in [5, 5.41) is 14.3. The van der Waals surface area contributed by atoms with E-state index in [2.05, 4.69) is 29.6 Å². The third-order valence-corrected chi connectivity index (χ3v) is 6.70. The zero-order chi connectivity index (χ0) is 19.8. The Bertz CT molecular complexity index is 713. The number of fused-ring (bicyclic) bond motifs is 2. The van der Waals surface area contributed by atoms with Crippen molar-refractivity contribution in [2.24, 2.45) is 0 Å². The van der Waals surface area contributed by atoms with Crippen LogP contribution in [0, 0.1) is 0 Å². The molecule has 3 heterocycles. The molecule has 5 rings (SSSR count). The van der Waals surface area contributed by atoms with E-state index < -0.39 is 6.10 Å². The minimum absolute atomic E-state index is 0.103. The molecule has 5 unspecified atom stereocenters. The van der Waals surface area contributed by atoms with Crippen LogP contribution in [0.1, 0.15) is 24.0 Å². The first-order chi connectivity index (χ1) is 14.2. The highest BCUT2D eigenvalue weighted by molar-refractivity contribution is 5.76. The van der Waals surface area contributed by atoms with Gasteiger partial charge in [0.15, 0.2) is 0 Å². The van der Waals surface area contributed by atoms with Crippen LogP contribution in [-0.2, 0) is 31.8 Å². The third-order valence-electron chi connectivity index (χ3n) is 6.70. The maximum absolute atomic E-state index is 12.4. The van der Waals surface area contributed by atoms with Gasteiger partial charge in [0.25, 0.3) is 0 Å². The van der Waals surface area contributed by atoms with Gasteiger partial charge in [-0.1, -0.05) is 24.3 Å². The molecule has 1 aliphatic carbocycles. The van der Waals surface area contributed by atoms with Crippen molar-refractivity contribution in [3.63, 3.8) is 0 Å². The lowest BCUT2D eigenvalue weighted by atomic mass is 10.1. The Morgan fingerprint density at radius 1 is 1.14 bits per heavy atom. The number of carbonyl (C=O) groups excluding carboxylic acids is 1. The molecule has 5 atom stereocenters. The molecule has 0 radical (unpaired) electrons. The van der Waals surface area contributed by atoms with Gasteiger partial charge in [-0.2, -0.15) is 0 Å². The number of carbonyl (C=O) groups is 1. The zero-order valence-electron chi connectivity index (χ0n) is 16.7. The number of ether oxygens (including phenoxy) is 3. The van der Waals surface area contributed by atoms with Crippen molar-refractivity contribution in [1.82, 2.24) is 10.2 Å². The van der Waals surface area contributed by atoms with Crippen molar-refractivity contribution in [3.8, 4) is 0 Å². The number of hydrogen-bond acceptors (Lipinski definition) is 6. The van der Waals surface area contributed by atoms with E-state index >= 15 is 0 Å². The van der Waals surface area contributed by atoms with E-state index in [0.29, 0.717) is 51.7 Å². The summed E-state index contributed by atoms with van der Waals surface area (Å²) in [5.74, 6) is 0.103. The van der Waals surface area contributed by atoms with Crippen molar-refractivity contribution >= 4 is 5.91 Å². The van der Waals surface area contributed by atoms with Crippen molar-refractivity contribution in [2.45, 2.75) is 62.2 Å². The number of aliphatic hydroxyl groups excluding tert-OH is 1. The van der Waals surface area contributed by atoms with Crippen LogP contribution in [0.4, 0.5) is 0 Å². The van der Waals surface area contributed by atoms with E-state index in [4.69, 9.17) is 14.2 Å². The predicted octanol–water partition coefficient (Wildman–Crippen LogP) is 0.278. The number of morpholine rings is 1. The molecule has 7 nitrogen and oxygen atoms in total. The van der Waals surface area contributed by atoms with Gasteiger partial charge in [-0.3, -0.25) is 4.79 Å². The molecule has 2 N–H and O–H groups in total. The third kappa shape index (κ3) is 4.07. The molecule has 7 heteroatoms. The minimum atomic E-state index is -0.653. The van der Waals surface area contributed by atoms with Crippen LogP contribution in [0.25, 0.3) is 0 Å². The van der Waals surface area contributed by atoms with E-state index in [1.165, 1.54) is 11.1 Å². The summed E-state index contributed by atoms with van der Waals surface area (Å²) in [7, 11) is 0. The van der Waals surface area contributed by atoms with Gasteiger partial charge < -0.3 is 29.5 Å². The highest BCUT2D eigenvalue weighted by Crippen LogP contribution is 2.35. The Morgan fingerprint density at radius 2 is 1.86 bits per heavy atom. The van der Waals surface area contributed by atoms with Gasteiger partial charge in [0.2, 0.25) is 5.91 Å². The first-order valence-electron chi connectivity index (χ1n) is 10.8. The molecule has 4 aliphatic rings. The van der Waals surface area contributed by atoms with Crippen LogP contribution in [0.15, 0.2) is 24.3 Å². The topological polar surface area (TPSA) is 80.3 Å². The SMILES string of the molecule is O=C(CC1CC2OC(CNC3Cc4ccccc4C3)C(O)C2O1)N1CCOCC1. The number of rotatable bonds is 5. The fourth-order valence-corrected chi connectivity index (χ4v) is 5.13. The number of nitrogens with one attached hydrogen (secondary N) is 1. The normalized spacial score (nSPS) is 34.4. The lowest BCUT2D eigenvalue weighted by Gasteiger charge is -2.28. The average Bonchev–Trinajstić information content (AvgIpc) is 3.41. The molecule has 1 aromatic rings. The molecule has 0 aromatic heterocycles. The molecular weight excluding hydrogens is 372 g/mol. The van der Waals surface area contributed by atoms with Crippen molar-refractivity contribution in [2.75, 3.05) is 32.8 Å². The van der Waals surface area contributed by atoms with Crippen LogP contribution >= 0.6 is 0 Å². The van der Waals surface area contributed by atoms with Gasteiger partial charge in [-0.15, -0.1) is 0 Å². The summed E-state index contributed by atoms with van der Waals surface area (Å²) in [5.41, 5.74) is 2.82. The Balaban J connectivity index is 1.08. The molecule has 158 valence electrons.